The number of hydrogen-bond donors (Lipinski definition) is 0. The van der Waals surface area contributed by atoms with Crippen LogP contribution in [0.1, 0.15) is 43.0 Å². The van der Waals surface area contributed by atoms with E-state index in [1.807, 2.05) is 60.4 Å². The van der Waals surface area contributed by atoms with Crippen LogP contribution in [0.2, 0.25) is 0 Å². The molecule has 0 bridgehead atoms. The van der Waals surface area contributed by atoms with Gasteiger partial charge in [-0.05, 0) is 76.7 Å². The third-order valence-electron chi connectivity index (χ3n) is 6.44. The van der Waals surface area contributed by atoms with E-state index in [1.54, 1.807) is 18.2 Å². The summed E-state index contributed by atoms with van der Waals surface area (Å²) in [5, 5.41) is 0. The summed E-state index contributed by atoms with van der Waals surface area (Å²) in [6, 6.07) is 23.8. The molecule has 0 spiro atoms. The molecule has 0 aliphatic rings. The summed E-state index contributed by atoms with van der Waals surface area (Å²) in [5.41, 5.74) is 5.86. The zero-order chi connectivity index (χ0) is 27.9. The highest BCUT2D eigenvalue weighted by molar-refractivity contribution is 5.97. The summed E-state index contributed by atoms with van der Waals surface area (Å²) in [6.45, 7) is 3.12. The van der Waals surface area contributed by atoms with Crippen LogP contribution in [-0.2, 0) is 29.1 Å². The second kappa shape index (κ2) is 12.5. The normalized spacial score (nSPS) is 10.9. The molecule has 0 aliphatic heterocycles. The number of methoxy groups -OCH3 is 2. The van der Waals surface area contributed by atoms with Crippen molar-refractivity contribution < 1.29 is 27.8 Å². The molecule has 200 valence electrons. The lowest BCUT2D eigenvalue weighted by molar-refractivity contribution is 0.0592. The molecule has 0 radical (unpaired) electrons. The Hall–Kier alpha value is -4.36. The highest BCUT2D eigenvalue weighted by Crippen LogP contribution is 2.29. The van der Waals surface area contributed by atoms with Crippen LogP contribution in [0.25, 0.3) is 11.1 Å². The molecule has 0 unspecified atom stereocenters. The monoisotopic (exact) mass is 529 g/mol. The van der Waals surface area contributed by atoms with E-state index < -0.39 is 23.6 Å². The molecule has 4 rings (SSSR count). The van der Waals surface area contributed by atoms with Crippen molar-refractivity contribution in [3.05, 3.63) is 130 Å². The largest absolute Gasteiger partial charge is 0.465 e. The van der Waals surface area contributed by atoms with Crippen molar-refractivity contribution in [3.63, 3.8) is 0 Å². The zero-order valence-corrected chi connectivity index (χ0v) is 22.0. The minimum atomic E-state index is -0.642. The van der Waals surface area contributed by atoms with Crippen LogP contribution in [-0.4, -0.2) is 31.1 Å². The second-order valence-electron chi connectivity index (χ2n) is 9.30. The number of benzene rings is 4. The second-order valence-corrected chi connectivity index (χ2v) is 9.30. The molecular formula is C32H29F2NO4. The third-order valence-corrected chi connectivity index (χ3v) is 6.44. The SMILES string of the molecule is COC(=O)c1ccc(CN(Cc2cc(F)cc(F)c2)Cc2ccc(C(=O)OC)c(-c3ccccc3C)c2)cc1. The quantitative estimate of drug-likeness (QED) is 0.226. The van der Waals surface area contributed by atoms with Gasteiger partial charge in [-0.25, -0.2) is 18.4 Å². The lowest BCUT2D eigenvalue weighted by Gasteiger charge is -2.24. The number of hydrogen-bond acceptors (Lipinski definition) is 5. The number of rotatable bonds is 9. The highest BCUT2D eigenvalue weighted by atomic mass is 19.1. The van der Waals surface area contributed by atoms with Gasteiger partial charge in [0, 0.05) is 25.7 Å². The first-order valence-electron chi connectivity index (χ1n) is 12.4. The van der Waals surface area contributed by atoms with Crippen LogP contribution in [0.15, 0.2) is 84.9 Å². The van der Waals surface area contributed by atoms with E-state index in [-0.39, 0.29) is 6.54 Å². The average molecular weight is 530 g/mol. The minimum Gasteiger partial charge on any atom is -0.465 e. The fourth-order valence-electron chi connectivity index (χ4n) is 4.58. The van der Waals surface area contributed by atoms with Gasteiger partial charge >= 0.3 is 11.9 Å². The van der Waals surface area contributed by atoms with Crippen molar-refractivity contribution in [1.29, 1.82) is 0 Å². The van der Waals surface area contributed by atoms with Crippen LogP contribution in [0, 0.1) is 18.6 Å². The van der Waals surface area contributed by atoms with E-state index in [1.165, 1.54) is 26.4 Å². The maximum atomic E-state index is 14.0. The topological polar surface area (TPSA) is 55.8 Å². The van der Waals surface area contributed by atoms with Crippen molar-refractivity contribution in [2.45, 2.75) is 26.6 Å². The van der Waals surface area contributed by atoms with Gasteiger partial charge in [0.25, 0.3) is 0 Å². The molecule has 39 heavy (non-hydrogen) atoms. The van der Waals surface area contributed by atoms with E-state index in [9.17, 15) is 18.4 Å². The van der Waals surface area contributed by atoms with Crippen LogP contribution in [0.4, 0.5) is 8.78 Å². The Morgan fingerprint density at radius 2 is 1.26 bits per heavy atom. The van der Waals surface area contributed by atoms with E-state index in [4.69, 9.17) is 9.47 Å². The van der Waals surface area contributed by atoms with Gasteiger partial charge in [0.05, 0.1) is 25.3 Å². The summed E-state index contributed by atoms with van der Waals surface area (Å²) in [4.78, 5) is 26.4. The molecule has 0 amide bonds. The Balaban J connectivity index is 1.69. The summed E-state index contributed by atoms with van der Waals surface area (Å²) < 4.78 is 37.7. The first-order valence-corrected chi connectivity index (χ1v) is 12.4. The van der Waals surface area contributed by atoms with Gasteiger partial charge in [-0.15, -0.1) is 0 Å². The molecule has 0 saturated carbocycles. The minimum absolute atomic E-state index is 0.270. The summed E-state index contributed by atoms with van der Waals surface area (Å²) in [6.07, 6.45) is 0. The fraction of sp³-hybridized carbons (Fsp3) is 0.188. The van der Waals surface area contributed by atoms with Gasteiger partial charge < -0.3 is 9.47 Å². The molecular weight excluding hydrogens is 500 g/mol. The lowest BCUT2D eigenvalue weighted by Crippen LogP contribution is -2.23. The van der Waals surface area contributed by atoms with Gasteiger partial charge in [-0.2, -0.15) is 0 Å². The van der Waals surface area contributed by atoms with E-state index in [2.05, 4.69) is 0 Å². The van der Waals surface area contributed by atoms with E-state index in [0.717, 1.165) is 33.9 Å². The molecule has 0 aliphatic carbocycles. The predicted octanol–water partition coefficient (Wildman–Crippen LogP) is 6.72. The first kappa shape index (κ1) is 27.7. The number of carbonyl (C=O) groups is 2. The van der Waals surface area contributed by atoms with Crippen LogP contribution < -0.4 is 0 Å². The standard InChI is InChI=1S/C32H29F2NO4/c1-21-6-4-5-7-28(21)30-16-23(10-13-29(30)32(37)39-3)19-35(20-24-14-26(33)17-27(34)15-24)18-22-8-11-25(12-9-22)31(36)38-2/h4-17H,18-20H2,1-3H3. The van der Waals surface area contributed by atoms with Crippen molar-refractivity contribution in [1.82, 2.24) is 4.90 Å². The van der Waals surface area contributed by atoms with Crippen molar-refractivity contribution in [2.75, 3.05) is 14.2 Å². The van der Waals surface area contributed by atoms with Crippen LogP contribution >= 0.6 is 0 Å². The highest BCUT2D eigenvalue weighted by Gasteiger charge is 2.17. The van der Waals surface area contributed by atoms with Gasteiger partial charge in [0.1, 0.15) is 11.6 Å². The number of ether oxygens (including phenoxy) is 2. The average Bonchev–Trinajstić information content (AvgIpc) is 2.92. The molecule has 0 N–H and O–H groups in total. The molecule has 7 heteroatoms. The fourth-order valence-corrected chi connectivity index (χ4v) is 4.58. The summed E-state index contributed by atoms with van der Waals surface area (Å²) in [5.74, 6) is -2.14. The molecule has 4 aromatic rings. The maximum Gasteiger partial charge on any atom is 0.338 e. The molecule has 0 saturated heterocycles. The first-order chi connectivity index (χ1) is 18.8. The van der Waals surface area contributed by atoms with Gasteiger partial charge in [0.15, 0.2) is 0 Å². The molecule has 5 nitrogen and oxygen atoms in total. The number of esters is 2. The number of nitrogens with zero attached hydrogens (tertiary/aromatic N) is 1. The Morgan fingerprint density at radius 1 is 0.667 bits per heavy atom. The van der Waals surface area contributed by atoms with E-state index >= 15 is 0 Å². The molecule has 4 aromatic carbocycles. The Bertz CT molecular complexity index is 1460. The predicted molar refractivity (Wildman–Crippen MR) is 145 cm³/mol. The number of halogens is 2. The number of aryl methyl sites for hydroxylation is 1. The lowest BCUT2D eigenvalue weighted by atomic mass is 9.94. The van der Waals surface area contributed by atoms with Crippen LogP contribution in [0.3, 0.4) is 0 Å². The van der Waals surface area contributed by atoms with Crippen molar-refractivity contribution >= 4 is 11.9 Å². The number of carbonyl (C=O) groups excluding carboxylic acids is 2. The van der Waals surface area contributed by atoms with E-state index in [0.29, 0.717) is 29.8 Å². The molecule has 0 aromatic heterocycles. The Morgan fingerprint density at radius 3 is 1.90 bits per heavy atom. The summed E-state index contributed by atoms with van der Waals surface area (Å²) in [7, 11) is 2.68. The smallest absolute Gasteiger partial charge is 0.338 e. The Labute approximate surface area is 226 Å². The molecule has 0 atom stereocenters. The molecule has 0 heterocycles. The van der Waals surface area contributed by atoms with Crippen molar-refractivity contribution in [2.24, 2.45) is 0 Å². The zero-order valence-electron chi connectivity index (χ0n) is 22.0. The van der Waals surface area contributed by atoms with Crippen molar-refractivity contribution in [3.8, 4) is 11.1 Å². The maximum absolute atomic E-state index is 14.0. The van der Waals surface area contributed by atoms with Crippen LogP contribution in [0.5, 0.6) is 0 Å². The third kappa shape index (κ3) is 6.94. The molecule has 0 fully saturated rings. The van der Waals surface area contributed by atoms with Gasteiger partial charge in [-0.3, -0.25) is 4.90 Å². The van der Waals surface area contributed by atoms with Gasteiger partial charge in [-0.1, -0.05) is 42.5 Å². The Kier molecular flexibility index (Phi) is 8.84. The van der Waals surface area contributed by atoms with Gasteiger partial charge in [0.2, 0.25) is 0 Å². The summed E-state index contributed by atoms with van der Waals surface area (Å²) >= 11 is 0.